The third kappa shape index (κ3) is 4.84. The quantitative estimate of drug-likeness (QED) is 0.228. The van der Waals surface area contributed by atoms with Crippen LogP contribution in [0.25, 0.3) is 22.2 Å². The van der Waals surface area contributed by atoms with Crippen molar-refractivity contribution in [3.05, 3.63) is 55.7 Å². The molecule has 7 nitrogen and oxygen atoms in total. The Morgan fingerprint density at radius 1 is 1.33 bits per heavy atom. The van der Waals surface area contributed by atoms with E-state index < -0.39 is 4.92 Å². The molecule has 154 valence electrons. The molecular weight excluding hydrogens is 422 g/mol. The maximum atomic E-state index is 11.6. The van der Waals surface area contributed by atoms with Gasteiger partial charge in [-0.2, -0.15) is 5.26 Å². The van der Waals surface area contributed by atoms with Crippen LogP contribution in [-0.4, -0.2) is 23.1 Å². The number of nitro groups is 1. The number of hydrogen-bond acceptors (Lipinski definition) is 8. The first-order chi connectivity index (χ1) is 14.6. The maximum Gasteiger partial charge on any atom is 0.315 e. The van der Waals surface area contributed by atoms with Crippen LogP contribution in [-0.2, 0) is 0 Å². The molecule has 0 amide bonds. The topological polar surface area (TPSA) is 98.3 Å². The molecule has 0 aliphatic rings. The summed E-state index contributed by atoms with van der Waals surface area (Å²) in [6.45, 7) is 4.38. The maximum absolute atomic E-state index is 11.6. The molecule has 30 heavy (non-hydrogen) atoms. The minimum absolute atomic E-state index is 0.105. The van der Waals surface area contributed by atoms with E-state index in [2.05, 4.69) is 11.1 Å². The molecule has 0 saturated carbocycles. The zero-order valence-electron chi connectivity index (χ0n) is 16.5. The van der Waals surface area contributed by atoms with Crippen molar-refractivity contribution in [3.8, 4) is 28.1 Å². The molecule has 0 saturated heterocycles. The zero-order valence-corrected chi connectivity index (χ0v) is 18.1. The van der Waals surface area contributed by atoms with Crippen molar-refractivity contribution in [2.24, 2.45) is 0 Å². The fourth-order valence-electron chi connectivity index (χ4n) is 2.68. The molecular formula is C21H19N3O4S2. The van der Waals surface area contributed by atoms with E-state index in [0.717, 1.165) is 10.6 Å². The molecule has 0 radical (unpaired) electrons. The van der Waals surface area contributed by atoms with Crippen molar-refractivity contribution >= 4 is 40.0 Å². The number of benzene rings is 1. The first-order valence-electron chi connectivity index (χ1n) is 9.27. The minimum atomic E-state index is -0.505. The second kappa shape index (κ2) is 10.0. The summed E-state index contributed by atoms with van der Waals surface area (Å²) in [5.74, 6) is 0.385. The zero-order chi connectivity index (χ0) is 21.5. The number of hydrogen-bond donors (Lipinski definition) is 0. The van der Waals surface area contributed by atoms with Crippen molar-refractivity contribution in [1.29, 1.82) is 5.26 Å². The lowest BCUT2D eigenvalue weighted by Crippen LogP contribution is -2.04. The summed E-state index contributed by atoms with van der Waals surface area (Å²) in [5, 5.41) is 25.7. The van der Waals surface area contributed by atoms with Gasteiger partial charge in [0.2, 0.25) is 5.75 Å². The van der Waals surface area contributed by atoms with Crippen LogP contribution in [0.5, 0.6) is 11.5 Å². The predicted molar refractivity (Wildman–Crippen MR) is 119 cm³/mol. The Morgan fingerprint density at radius 2 is 2.17 bits per heavy atom. The number of nitro benzene ring substituents is 1. The van der Waals surface area contributed by atoms with Crippen molar-refractivity contribution < 1.29 is 14.4 Å². The third-order valence-corrected chi connectivity index (χ3v) is 5.71. The number of ether oxygens (including phenoxy) is 2. The Balaban J connectivity index is 2.03. The molecule has 0 bridgehead atoms. The molecule has 3 aromatic rings. The Kier molecular flexibility index (Phi) is 7.17. The van der Waals surface area contributed by atoms with Crippen molar-refractivity contribution in [2.45, 2.75) is 20.3 Å². The minimum Gasteiger partial charge on any atom is -0.490 e. The first-order valence-corrected chi connectivity index (χ1v) is 11.0. The molecule has 0 spiro atoms. The van der Waals surface area contributed by atoms with E-state index in [1.165, 1.54) is 17.4 Å². The van der Waals surface area contributed by atoms with Gasteiger partial charge < -0.3 is 9.47 Å². The highest BCUT2D eigenvalue weighted by Gasteiger charge is 2.22. The molecule has 0 atom stereocenters. The van der Waals surface area contributed by atoms with E-state index in [0.29, 0.717) is 35.8 Å². The van der Waals surface area contributed by atoms with Crippen LogP contribution in [0.3, 0.4) is 0 Å². The molecule has 0 aliphatic carbocycles. The second-order valence-corrected chi connectivity index (χ2v) is 7.90. The lowest BCUT2D eigenvalue weighted by Gasteiger charge is -2.12. The van der Waals surface area contributed by atoms with E-state index in [1.54, 1.807) is 30.4 Å². The third-order valence-electron chi connectivity index (χ3n) is 3.94. The Labute approximate surface area is 182 Å². The number of allylic oxidation sites excluding steroid dienone is 1. The van der Waals surface area contributed by atoms with Crippen LogP contribution in [0.4, 0.5) is 5.69 Å². The van der Waals surface area contributed by atoms with E-state index in [-0.39, 0.29) is 17.2 Å². The Hall–Kier alpha value is -3.22. The number of thiazole rings is 1. The number of thiophene rings is 1. The van der Waals surface area contributed by atoms with Crippen molar-refractivity contribution in [3.63, 3.8) is 0 Å². The summed E-state index contributed by atoms with van der Waals surface area (Å²) in [5.41, 5.74) is 1.40. The highest BCUT2D eigenvalue weighted by atomic mass is 32.1. The van der Waals surface area contributed by atoms with Crippen LogP contribution in [0.2, 0.25) is 0 Å². The van der Waals surface area contributed by atoms with Gasteiger partial charge in [-0.15, -0.1) is 22.7 Å². The molecule has 2 heterocycles. The predicted octanol–water partition coefficient (Wildman–Crippen LogP) is 6.03. The van der Waals surface area contributed by atoms with Gasteiger partial charge in [0.05, 0.1) is 34.3 Å². The average Bonchev–Trinajstić information content (AvgIpc) is 3.42. The first kappa shape index (κ1) is 21.5. The lowest BCUT2D eigenvalue weighted by atomic mass is 10.1. The fraction of sp³-hybridized carbons (Fsp3) is 0.238. The van der Waals surface area contributed by atoms with E-state index >= 15 is 0 Å². The summed E-state index contributed by atoms with van der Waals surface area (Å²) in [6, 6.07) is 9.08. The van der Waals surface area contributed by atoms with Gasteiger partial charge in [-0.05, 0) is 42.5 Å². The van der Waals surface area contributed by atoms with Crippen LogP contribution in [0, 0.1) is 21.4 Å². The van der Waals surface area contributed by atoms with Gasteiger partial charge in [-0.1, -0.05) is 13.0 Å². The summed E-state index contributed by atoms with van der Waals surface area (Å²) >= 11 is 2.92. The Bertz CT molecular complexity index is 1100. The standard InChI is InChI=1S/C21H19N3O4S2/c1-3-7-28-20-17(24(25)26)10-14(11-18(20)27-4-2)9-15(12-22)21-23-16(13-30-21)19-6-5-8-29-19/h5-6,8-11,13H,3-4,7H2,1-2H3/b15-9-. The normalized spacial score (nSPS) is 11.2. The largest absolute Gasteiger partial charge is 0.490 e. The van der Waals surface area contributed by atoms with Gasteiger partial charge in [0.25, 0.3) is 0 Å². The average molecular weight is 442 g/mol. The lowest BCUT2D eigenvalue weighted by molar-refractivity contribution is -0.386. The van der Waals surface area contributed by atoms with Gasteiger partial charge in [0, 0.05) is 11.4 Å². The molecule has 2 aromatic heterocycles. The number of nitrogens with zero attached hydrogens (tertiary/aromatic N) is 3. The highest BCUT2D eigenvalue weighted by Crippen LogP contribution is 2.40. The second-order valence-electron chi connectivity index (χ2n) is 6.09. The summed E-state index contributed by atoms with van der Waals surface area (Å²) < 4.78 is 11.2. The molecule has 3 rings (SSSR count). The molecule has 0 fully saturated rings. The van der Waals surface area contributed by atoms with Crippen molar-refractivity contribution in [2.75, 3.05) is 13.2 Å². The smallest absolute Gasteiger partial charge is 0.315 e. The van der Waals surface area contributed by atoms with Gasteiger partial charge in [0.1, 0.15) is 11.1 Å². The molecule has 1 aromatic carbocycles. The highest BCUT2D eigenvalue weighted by molar-refractivity contribution is 7.14. The van der Waals surface area contributed by atoms with Crippen LogP contribution in [0.15, 0.2) is 35.0 Å². The monoisotopic (exact) mass is 441 g/mol. The van der Waals surface area contributed by atoms with E-state index in [1.807, 2.05) is 29.8 Å². The van der Waals surface area contributed by atoms with Crippen LogP contribution < -0.4 is 9.47 Å². The fourth-order valence-corrected chi connectivity index (χ4v) is 4.23. The SMILES string of the molecule is CCCOc1c(OCC)cc(/C=C(/C#N)c2nc(-c3cccs3)cs2)cc1[N+](=O)[O-]. The van der Waals surface area contributed by atoms with Gasteiger partial charge >= 0.3 is 5.69 Å². The molecule has 9 heteroatoms. The summed E-state index contributed by atoms with van der Waals surface area (Å²) in [7, 11) is 0. The van der Waals surface area contributed by atoms with Gasteiger partial charge in [-0.3, -0.25) is 10.1 Å². The van der Waals surface area contributed by atoms with Crippen molar-refractivity contribution in [1.82, 2.24) is 4.98 Å². The number of nitriles is 1. The van der Waals surface area contributed by atoms with E-state index in [9.17, 15) is 15.4 Å². The summed E-state index contributed by atoms with van der Waals surface area (Å²) in [4.78, 5) is 16.7. The molecule has 0 N–H and O–H groups in total. The molecule has 0 aliphatic heterocycles. The summed E-state index contributed by atoms with van der Waals surface area (Å²) in [6.07, 6.45) is 2.29. The van der Waals surface area contributed by atoms with Gasteiger partial charge in [-0.25, -0.2) is 4.98 Å². The van der Waals surface area contributed by atoms with E-state index in [4.69, 9.17) is 9.47 Å². The van der Waals surface area contributed by atoms with Crippen LogP contribution in [0.1, 0.15) is 30.8 Å². The number of rotatable bonds is 9. The number of aromatic nitrogens is 1. The Morgan fingerprint density at radius 3 is 2.80 bits per heavy atom. The molecule has 0 unspecified atom stereocenters. The van der Waals surface area contributed by atoms with Crippen LogP contribution >= 0.6 is 22.7 Å². The van der Waals surface area contributed by atoms with Gasteiger partial charge in [0.15, 0.2) is 5.75 Å².